The highest BCUT2D eigenvalue weighted by Crippen LogP contribution is 2.16. The monoisotopic (exact) mass is 340 g/mol. The number of benzene rings is 2. The summed E-state index contributed by atoms with van der Waals surface area (Å²) < 4.78 is 45.5. The molecular formula is C16H20O4S2. The van der Waals surface area contributed by atoms with Crippen molar-refractivity contribution in [2.75, 3.05) is 12.5 Å². The molecule has 0 spiro atoms. The Bertz CT molecular complexity index is 759. The molecule has 0 aromatic heterocycles. The van der Waals surface area contributed by atoms with E-state index >= 15 is 0 Å². The first-order chi connectivity index (χ1) is 9.66. The number of rotatable bonds is 4. The zero-order valence-corrected chi connectivity index (χ0v) is 13.4. The summed E-state index contributed by atoms with van der Waals surface area (Å²) in [5.74, 6) is 0. The Kier molecular flexibility index (Phi) is 5.54. The Labute approximate surface area is 132 Å². The molecule has 2 aromatic rings. The van der Waals surface area contributed by atoms with E-state index in [1.807, 2.05) is 0 Å². The first-order valence-corrected chi connectivity index (χ1v) is 10.0. The lowest BCUT2D eigenvalue weighted by Gasteiger charge is -2.05. The smallest absolute Gasteiger partial charge is 0.175 e. The SMILES string of the molecule is C.CS(=O)(=O)c1ccc(Cc2ccc(S(C)(=O)=O)cc2)cc1. The summed E-state index contributed by atoms with van der Waals surface area (Å²) in [5.41, 5.74) is 1.93. The van der Waals surface area contributed by atoms with Crippen LogP contribution < -0.4 is 0 Å². The molecule has 0 unspecified atom stereocenters. The molecule has 22 heavy (non-hydrogen) atoms. The molecule has 2 aromatic carbocycles. The highest BCUT2D eigenvalue weighted by molar-refractivity contribution is 7.91. The van der Waals surface area contributed by atoms with Crippen molar-refractivity contribution in [2.24, 2.45) is 0 Å². The van der Waals surface area contributed by atoms with Crippen LogP contribution >= 0.6 is 0 Å². The average molecular weight is 340 g/mol. The lowest BCUT2D eigenvalue weighted by atomic mass is 10.1. The van der Waals surface area contributed by atoms with Crippen molar-refractivity contribution in [3.8, 4) is 0 Å². The van der Waals surface area contributed by atoms with E-state index in [1.54, 1.807) is 48.5 Å². The predicted octanol–water partition coefficient (Wildman–Crippen LogP) is 2.72. The van der Waals surface area contributed by atoms with Gasteiger partial charge >= 0.3 is 0 Å². The fraction of sp³-hybridized carbons (Fsp3) is 0.250. The highest BCUT2D eigenvalue weighted by Gasteiger charge is 2.08. The molecule has 4 nitrogen and oxygen atoms in total. The minimum absolute atomic E-state index is 0. The van der Waals surface area contributed by atoms with Crippen LogP contribution in [0.1, 0.15) is 18.6 Å². The number of hydrogen-bond acceptors (Lipinski definition) is 4. The van der Waals surface area contributed by atoms with Gasteiger partial charge in [0, 0.05) is 12.5 Å². The van der Waals surface area contributed by atoms with Crippen LogP contribution in [0.2, 0.25) is 0 Å². The van der Waals surface area contributed by atoms with Gasteiger partial charge in [-0.05, 0) is 41.8 Å². The standard InChI is InChI=1S/C15H16O4S2.CH4/c1-20(16,17)14-7-3-12(4-8-14)11-13-5-9-15(10-6-13)21(2,18)19;/h3-10H,11H2,1-2H3;1H4. The minimum Gasteiger partial charge on any atom is -0.224 e. The Morgan fingerprint density at radius 1 is 0.636 bits per heavy atom. The summed E-state index contributed by atoms with van der Waals surface area (Å²) in [6.07, 6.45) is 2.96. The average Bonchev–Trinajstić information content (AvgIpc) is 2.38. The molecule has 6 heteroatoms. The molecular weight excluding hydrogens is 320 g/mol. The van der Waals surface area contributed by atoms with E-state index in [0.717, 1.165) is 11.1 Å². The molecule has 0 fully saturated rings. The van der Waals surface area contributed by atoms with E-state index in [1.165, 1.54) is 12.5 Å². The van der Waals surface area contributed by atoms with Gasteiger partial charge in [-0.2, -0.15) is 0 Å². The van der Waals surface area contributed by atoms with Gasteiger partial charge in [-0.25, -0.2) is 16.8 Å². The molecule has 0 atom stereocenters. The molecule has 0 aliphatic rings. The molecule has 2 rings (SSSR count). The lowest BCUT2D eigenvalue weighted by Crippen LogP contribution is -1.98. The van der Waals surface area contributed by atoms with Crippen molar-refractivity contribution in [3.63, 3.8) is 0 Å². The largest absolute Gasteiger partial charge is 0.224 e. The van der Waals surface area contributed by atoms with E-state index < -0.39 is 19.7 Å². The molecule has 0 amide bonds. The van der Waals surface area contributed by atoms with E-state index in [0.29, 0.717) is 16.2 Å². The molecule has 0 radical (unpaired) electrons. The van der Waals surface area contributed by atoms with Crippen LogP contribution in [0.25, 0.3) is 0 Å². The van der Waals surface area contributed by atoms with Crippen LogP contribution in [0.15, 0.2) is 58.3 Å². The third-order valence-corrected chi connectivity index (χ3v) is 5.37. The van der Waals surface area contributed by atoms with Gasteiger partial charge in [0.2, 0.25) is 0 Å². The van der Waals surface area contributed by atoms with Crippen molar-refractivity contribution in [1.82, 2.24) is 0 Å². The lowest BCUT2D eigenvalue weighted by molar-refractivity contribution is 0.600. The zero-order chi connectivity index (χ0) is 15.7. The van der Waals surface area contributed by atoms with Gasteiger partial charge in [-0.15, -0.1) is 0 Å². The van der Waals surface area contributed by atoms with Gasteiger partial charge in [-0.1, -0.05) is 31.7 Å². The molecule has 0 N–H and O–H groups in total. The fourth-order valence-corrected chi connectivity index (χ4v) is 3.21. The van der Waals surface area contributed by atoms with Gasteiger partial charge in [0.1, 0.15) is 0 Å². The van der Waals surface area contributed by atoms with Crippen molar-refractivity contribution in [2.45, 2.75) is 23.6 Å². The second-order valence-electron chi connectivity index (χ2n) is 5.01. The fourth-order valence-electron chi connectivity index (χ4n) is 1.94. The topological polar surface area (TPSA) is 68.3 Å². The third kappa shape index (κ3) is 4.68. The van der Waals surface area contributed by atoms with Crippen LogP contribution in [0.4, 0.5) is 0 Å². The van der Waals surface area contributed by atoms with Gasteiger partial charge < -0.3 is 0 Å². The Balaban J connectivity index is 0.00000242. The maximum absolute atomic E-state index is 11.4. The van der Waals surface area contributed by atoms with Crippen LogP contribution in [0.3, 0.4) is 0 Å². The Morgan fingerprint density at radius 3 is 1.14 bits per heavy atom. The molecule has 0 aliphatic heterocycles. The van der Waals surface area contributed by atoms with Crippen LogP contribution in [0, 0.1) is 0 Å². The van der Waals surface area contributed by atoms with E-state index in [2.05, 4.69) is 0 Å². The first kappa shape index (κ1) is 18.4. The van der Waals surface area contributed by atoms with Crippen molar-refractivity contribution in [3.05, 3.63) is 59.7 Å². The quantitative estimate of drug-likeness (QED) is 0.858. The molecule has 0 aliphatic carbocycles. The molecule has 0 heterocycles. The second-order valence-corrected chi connectivity index (χ2v) is 9.04. The summed E-state index contributed by atoms with van der Waals surface area (Å²) in [5, 5.41) is 0. The minimum atomic E-state index is -3.18. The first-order valence-electron chi connectivity index (χ1n) is 6.24. The molecule has 0 bridgehead atoms. The Hall–Kier alpha value is -1.66. The molecule has 0 saturated carbocycles. The van der Waals surface area contributed by atoms with Gasteiger partial charge in [0.15, 0.2) is 19.7 Å². The third-order valence-electron chi connectivity index (χ3n) is 3.11. The summed E-state index contributed by atoms with van der Waals surface area (Å²) in [7, 11) is -6.36. The highest BCUT2D eigenvalue weighted by atomic mass is 32.2. The molecule has 120 valence electrons. The summed E-state index contributed by atoms with van der Waals surface area (Å²) in [4.78, 5) is 0.581. The van der Waals surface area contributed by atoms with Crippen molar-refractivity contribution in [1.29, 1.82) is 0 Å². The zero-order valence-electron chi connectivity index (χ0n) is 11.8. The van der Waals surface area contributed by atoms with E-state index in [4.69, 9.17) is 0 Å². The van der Waals surface area contributed by atoms with E-state index in [9.17, 15) is 16.8 Å². The number of hydrogen-bond donors (Lipinski definition) is 0. The van der Waals surface area contributed by atoms with Crippen molar-refractivity contribution >= 4 is 19.7 Å². The summed E-state index contributed by atoms with van der Waals surface area (Å²) in [6, 6.07) is 13.4. The second kappa shape index (κ2) is 6.62. The summed E-state index contributed by atoms with van der Waals surface area (Å²) in [6.45, 7) is 0. The maximum atomic E-state index is 11.4. The van der Waals surface area contributed by atoms with Crippen LogP contribution in [0.5, 0.6) is 0 Å². The number of sulfone groups is 2. The Morgan fingerprint density at radius 2 is 0.909 bits per heavy atom. The van der Waals surface area contributed by atoms with Crippen LogP contribution in [-0.2, 0) is 26.1 Å². The van der Waals surface area contributed by atoms with Gasteiger partial charge in [-0.3, -0.25) is 0 Å². The van der Waals surface area contributed by atoms with E-state index in [-0.39, 0.29) is 7.43 Å². The summed E-state index contributed by atoms with van der Waals surface area (Å²) >= 11 is 0. The van der Waals surface area contributed by atoms with Crippen molar-refractivity contribution < 1.29 is 16.8 Å². The van der Waals surface area contributed by atoms with Gasteiger partial charge in [0.05, 0.1) is 9.79 Å². The molecule has 0 saturated heterocycles. The normalized spacial score (nSPS) is 11.7. The van der Waals surface area contributed by atoms with Crippen LogP contribution in [-0.4, -0.2) is 29.3 Å². The predicted molar refractivity (Wildman–Crippen MR) is 88.6 cm³/mol. The maximum Gasteiger partial charge on any atom is 0.175 e. The van der Waals surface area contributed by atoms with Gasteiger partial charge in [0.25, 0.3) is 0 Å².